The molecule has 0 atom stereocenters. The molecule has 6 heteroatoms. The quantitative estimate of drug-likeness (QED) is 0.729. The maximum Gasteiger partial charge on any atom is 0.264 e. The molecule has 0 unspecified atom stereocenters. The predicted octanol–water partition coefficient (Wildman–Crippen LogP) is 2.91. The summed E-state index contributed by atoms with van der Waals surface area (Å²) in [6, 6.07) is 14.7. The van der Waals surface area contributed by atoms with E-state index >= 15 is 0 Å². The first-order chi connectivity index (χ1) is 10.8. The van der Waals surface area contributed by atoms with Crippen molar-refractivity contribution in [2.24, 2.45) is 0 Å². The van der Waals surface area contributed by atoms with Crippen LogP contribution in [0.4, 0.5) is 5.69 Å². The van der Waals surface area contributed by atoms with Crippen LogP contribution in [-0.4, -0.2) is 17.3 Å². The molecule has 0 fully saturated rings. The van der Waals surface area contributed by atoms with Gasteiger partial charge in [-0.2, -0.15) is 4.98 Å². The number of methoxy groups -OCH3 is 1. The Kier molecular flexibility index (Phi) is 3.91. The van der Waals surface area contributed by atoms with Gasteiger partial charge in [-0.1, -0.05) is 17.3 Å². The van der Waals surface area contributed by atoms with E-state index in [9.17, 15) is 0 Å². The molecule has 0 aliphatic heterocycles. The monoisotopic (exact) mass is 297 g/mol. The van der Waals surface area contributed by atoms with Crippen LogP contribution in [0.5, 0.6) is 11.5 Å². The molecule has 22 heavy (non-hydrogen) atoms. The van der Waals surface area contributed by atoms with Crippen LogP contribution in [0.15, 0.2) is 53.1 Å². The third-order valence-corrected chi connectivity index (χ3v) is 3.09. The van der Waals surface area contributed by atoms with Crippen molar-refractivity contribution in [3.8, 4) is 22.9 Å². The zero-order valence-electron chi connectivity index (χ0n) is 12.0. The molecule has 0 saturated heterocycles. The van der Waals surface area contributed by atoms with E-state index in [0.717, 1.165) is 11.3 Å². The van der Waals surface area contributed by atoms with Crippen LogP contribution in [0.2, 0.25) is 0 Å². The number of para-hydroxylation sites is 2. The summed E-state index contributed by atoms with van der Waals surface area (Å²) in [5.41, 5.74) is 7.21. The van der Waals surface area contributed by atoms with Crippen molar-refractivity contribution in [3.63, 3.8) is 0 Å². The van der Waals surface area contributed by atoms with Crippen LogP contribution in [0.1, 0.15) is 5.89 Å². The Morgan fingerprint density at radius 1 is 1.09 bits per heavy atom. The van der Waals surface area contributed by atoms with Gasteiger partial charge in [0.2, 0.25) is 5.82 Å². The number of nitrogen functional groups attached to an aromatic ring is 1. The minimum atomic E-state index is 0.164. The molecule has 3 aromatic rings. The molecule has 2 N–H and O–H groups in total. The molecule has 0 radical (unpaired) electrons. The Balaban J connectivity index is 1.69. The van der Waals surface area contributed by atoms with Crippen LogP contribution in [0.25, 0.3) is 11.4 Å². The van der Waals surface area contributed by atoms with Crippen molar-refractivity contribution < 1.29 is 14.0 Å². The number of anilines is 1. The molecule has 0 aliphatic rings. The average molecular weight is 297 g/mol. The third-order valence-electron chi connectivity index (χ3n) is 3.09. The zero-order chi connectivity index (χ0) is 15.4. The minimum absolute atomic E-state index is 0.164. The first kappa shape index (κ1) is 13.9. The van der Waals surface area contributed by atoms with Gasteiger partial charge in [0.1, 0.15) is 11.5 Å². The highest BCUT2D eigenvalue weighted by Gasteiger charge is 2.10. The number of aromatic nitrogens is 2. The van der Waals surface area contributed by atoms with E-state index in [2.05, 4.69) is 10.1 Å². The largest absolute Gasteiger partial charge is 0.497 e. The Hall–Kier alpha value is -3.02. The van der Waals surface area contributed by atoms with E-state index in [-0.39, 0.29) is 6.61 Å². The van der Waals surface area contributed by atoms with Crippen LogP contribution < -0.4 is 15.2 Å². The fourth-order valence-electron chi connectivity index (χ4n) is 1.92. The third kappa shape index (κ3) is 3.01. The highest BCUT2D eigenvalue weighted by molar-refractivity contribution is 5.55. The minimum Gasteiger partial charge on any atom is -0.497 e. The fourth-order valence-corrected chi connectivity index (χ4v) is 1.92. The van der Waals surface area contributed by atoms with Crippen molar-refractivity contribution in [1.82, 2.24) is 10.1 Å². The highest BCUT2D eigenvalue weighted by atomic mass is 16.5. The first-order valence-corrected chi connectivity index (χ1v) is 6.70. The normalized spacial score (nSPS) is 10.4. The molecule has 6 nitrogen and oxygen atoms in total. The molecule has 112 valence electrons. The zero-order valence-corrected chi connectivity index (χ0v) is 12.0. The second kappa shape index (κ2) is 6.17. The van der Waals surface area contributed by atoms with Crippen LogP contribution >= 0.6 is 0 Å². The lowest BCUT2D eigenvalue weighted by molar-refractivity contribution is 0.244. The van der Waals surface area contributed by atoms with Crippen molar-refractivity contribution in [2.45, 2.75) is 6.61 Å². The molecule has 0 amide bonds. The molecule has 0 saturated carbocycles. The maximum atomic E-state index is 5.80. The van der Waals surface area contributed by atoms with Gasteiger partial charge in [-0.25, -0.2) is 0 Å². The van der Waals surface area contributed by atoms with Gasteiger partial charge in [-0.3, -0.25) is 0 Å². The second-order valence-corrected chi connectivity index (χ2v) is 4.57. The van der Waals surface area contributed by atoms with Gasteiger partial charge in [0.05, 0.1) is 12.8 Å². The van der Waals surface area contributed by atoms with Crippen molar-refractivity contribution >= 4 is 5.69 Å². The Morgan fingerprint density at radius 2 is 1.86 bits per heavy atom. The number of nitrogens with two attached hydrogens (primary N) is 1. The summed E-state index contributed by atoms with van der Waals surface area (Å²) in [7, 11) is 1.62. The summed E-state index contributed by atoms with van der Waals surface area (Å²) >= 11 is 0. The van der Waals surface area contributed by atoms with E-state index in [1.54, 1.807) is 19.2 Å². The van der Waals surface area contributed by atoms with E-state index in [4.69, 9.17) is 19.7 Å². The van der Waals surface area contributed by atoms with Gasteiger partial charge < -0.3 is 19.7 Å². The number of hydrogen-bond acceptors (Lipinski definition) is 6. The fraction of sp³-hybridized carbons (Fsp3) is 0.125. The van der Waals surface area contributed by atoms with E-state index < -0.39 is 0 Å². The van der Waals surface area contributed by atoms with Crippen LogP contribution in [0, 0.1) is 0 Å². The predicted molar refractivity (Wildman–Crippen MR) is 81.5 cm³/mol. The molecule has 0 spiro atoms. The lowest BCUT2D eigenvalue weighted by Gasteiger charge is -2.05. The Labute approximate surface area is 127 Å². The summed E-state index contributed by atoms with van der Waals surface area (Å²) < 4.78 is 15.9. The number of rotatable bonds is 5. The van der Waals surface area contributed by atoms with Crippen molar-refractivity contribution in [3.05, 3.63) is 54.4 Å². The summed E-state index contributed by atoms with van der Waals surface area (Å²) in [4.78, 5) is 4.30. The number of benzene rings is 2. The number of ether oxygens (including phenoxy) is 2. The Bertz CT molecular complexity index is 753. The molecule has 0 aliphatic carbocycles. The van der Waals surface area contributed by atoms with Crippen LogP contribution in [-0.2, 0) is 6.61 Å². The molecular weight excluding hydrogens is 282 g/mol. The Morgan fingerprint density at radius 3 is 2.59 bits per heavy atom. The molecule has 1 aromatic heterocycles. The summed E-state index contributed by atoms with van der Waals surface area (Å²) in [6.45, 7) is 0.164. The number of hydrogen-bond donors (Lipinski definition) is 1. The molecular formula is C16H15N3O3. The standard InChI is InChI=1S/C16H15N3O3/c1-20-12-8-6-11(7-9-12)16-18-15(22-19-16)10-21-14-5-3-2-4-13(14)17/h2-9H,10,17H2,1H3. The average Bonchev–Trinajstić information content (AvgIpc) is 3.03. The smallest absolute Gasteiger partial charge is 0.264 e. The van der Waals surface area contributed by atoms with Gasteiger partial charge in [0.25, 0.3) is 5.89 Å². The summed E-state index contributed by atoms with van der Waals surface area (Å²) in [6.07, 6.45) is 0. The number of nitrogens with zero attached hydrogens (tertiary/aromatic N) is 2. The SMILES string of the molecule is COc1ccc(-c2noc(COc3ccccc3N)n2)cc1. The lowest BCUT2D eigenvalue weighted by Crippen LogP contribution is -1.98. The van der Waals surface area contributed by atoms with Crippen molar-refractivity contribution in [1.29, 1.82) is 0 Å². The van der Waals surface area contributed by atoms with Crippen LogP contribution in [0.3, 0.4) is 0 Å². The maximum absolute atomic E-state index is 5.80. The van der Waals surface area contributed by atoms with E-state index in [0.29, 0.717) is 23.2 Å². The lowest BCUT2D eigenvalue weighted by atomic mass is 10.2. The molecule has 3 rings (SSSR count). The van der Waals surface area contributed by atoms with Crippen molar-refractivity contribution in [2.75, 3.05) is 12.8 Å². The first-order valence-electron chi connectivity index (χ1n) is 6.70. The molecule has 2 aromatic carbocycles. The highest BCUT2D eigenvalue weighted by Crippen LogP contribution is 2.22. The van der Waals surface area contributed by atoms with Gasteiger partial charge >= 0.3 is 0 Å². The summed E-state index contributed by atoms with van der Waals surface area (Å²) in [5.74, 6) is 2.25. The molecule has 1 heterocycles. The van der Waals surface area contributed by atoms with Gasteiger partial charge in [-0.05, 0) is 36.4 Å². The van der Waals surface area contributed by atoms with Gasteiger partial charge in [0, 0.05) is 5.56 Å². The van der Waals surface area contributed by atoms with Gasteiger partial charge in [0.15, 0.2) is 6.61 Å². The van der Waals surface area contributed by atoms with E-state index in [1.165, 1.54) is 0 Å². The second-order valence-electron chi connectivity index (χ2n) is 4.57. The van der Waals surface area contributed by atoms with Gasteiger partial charge in [-0.15, -0.1) is 0 Å². The molecule has 0 bridgehead atoms. The topological polar surface area (TPSA) is 83.4 Å². The van der Waals surface area contributed by atoms with E-state index in [1.807, 2.05) is 36.4 Å². The summed E-state index contributed by atoms with van der Waals surface area (Å²) in [5, 5.41) is 3.94.